The van der Waals surface area contributed by atoms with Crippen LogP contribution in [0.25, 0.3) is 6.08 Å². The molecular formula is C24H22BrNO3. The molecule has 3 aromatic rings. The molecule has 5 heteroatoms. The largest absolute Gasteiger partial charge is 0.493 e. The lowest BCUT2D eigenvalue weighted by atomic mass is 10.1. The molecule has 0 atom stereocenters. The number of ether oxygens (including phenoxy) is 2. The summed E-state index contributed by atoms with van der Waals surface area (Å²) in [5.41, 5.74) is 3.87. The lowest BCUT2D eigenvalue weighted by Gasteiger charge is -2.12. The van der Waals surface area contributed by atoms with Crippen molar-refractivity contribution in [2.45, 2.75) is 13.5 Å². The summed E-state index contributed by atoms with van der Waals surface area (Å²) in [5, 5.41) is 2.84. The highest BCUT2D eigenvalue weighted by Gasteiger charge is 2.07. The average molecular weight is 452 g/mol. The molecule has 0 fully saturated rings. The molecule has 148 valence electrons. The van der Waals surface area contributed by atoms with Crippen LogP contribution >= 0.6 is 15.9 Å². The molecule has 0 aliphatic rings. The van der Waals surface area contributed by atoms with Crippen LogP contribution in [0, 0.1) is 6.92 Å². The van der Waals surface area contributed by atoms with Crippen LogP contribution in [0.15, 0.2) is 77.3 Å². The number of hydrogen-bond donors (Lipinski definition) is 1. The number of anilines is 1. The van der Waals surface area contributed by atoms with Crippen molar-refractivity contribution in [3.8, 4) is 11.5 Å². The number of amides is 1. The van der Waals surface area contributed by atoms with Gasteiger partial charge in [0.1, 0.15) is 6.61 Å². The SMILES string of the molecule is COc1cc(/C=C/C(=O)Nc2ccccc2Br)ccc1OCc1ccccc1C. The fourth-order valence-corrected chi connectivity index (χ4v) is 3.13. The van der Waals surface area contributed by atoms with Crippen LogP contribution in [-0.2, 0) is 11.4 Å². The number of benzene rings is 3. The van der Waals surface area contributed by atoms with E-state index in [9.17, 15) is 4.79 Å². The Hall–Kier alpha value is -3.05. The van der Waals surface area contributed by atoms with Crippen LogP contribution in [0.5, 0.6) is 11.5 Å². The van der Waals surface area contributed by atoms with Crippen molar-refractivity contribution in [3.63, 3.8) is 0 Å². The van der Waals surface area contributed by atoms with Crippen molar-refractivity contribution in [1.82, 2.24) is 0 Å². The third-order valence-electron chi connectivity index (χ3n) is 4.39. The monoisotopic (exact) mass is 451 g/mol. The van der Waals surface area contributed by atoms with Crippen LogP contribution in [-0.4, -0.2) is 13.0 Å². The molecular weight excluding hydrogens is 430 g/mol. The molecule has 0 unspecified atom stereocenters. The van der Waals surface area contributed by atoms with Gasteiger partial charge in [-0.1, -0.05) is 42.5 Å². The van der Waals surface area contributed by atoms with Crippen LogP contribution < -0.4 is 14.8 Å². The van der Waals surface area contributed by atoms with Crippen molar-refractivity contribution in [2.24, 2.45) is 0 Å². The first-order chi connectivity index (χ1) is 14.1. The van der Waals surface area contributed by atoms with E-state index in [1.165, 1.54) is 11.6 Å². The second kappa shape index (κ2) is 9.94. The van der Waals surface area contributed by atoms with E-state index in [0.29, 0.717) is 18.1 Å². The van der Waals surface area contributed by atoms with Gasteiger partial charge in [0.25, 0.3) is 0 Å². The number of methoxy groups -OCH3 is 1. The molecule has 0 aliphatic heterocycles. The number of hydrogen-bond acceptors (Lipinski definition) is 3. The second-order valence-corrected chi connectivity index (χ2v) is 7.28. The zero-order chi connectivity index (χ0) is 20.6. The standard InChI is InChI=1S/C24H22BrNO3/c1-17-7-3-4-8-19(17)16-29-22-13-11-18(15-23(22)28-2)12-14-24(27)26-21-10-6-5-9-20(21)25/h3-15H,16H2,1-2H3,(H,26,27)/b14-12+. The van der Waals surface area contributed by atoms with Gasteiger partial charge in [0, 0.05) is 10.5 Å². The van der Waals surface area contributed by atoms with E-state index >= 15 is 0 Å². The molecule has 0 saturated heterocycles. The van der Waals surface area contributed by atoms with Crippen molar-refractivity contribution >= 4 is 33.6 Å². The summed E-state index contributed by atoms with van der Waals surface area (Å²) < 4.78 is 12.2. The maximum Gasteiger partial charge on any atom is 0.248 e. The van der Waals surface area contributed by atoms with Gasteiger partial charge in [-0.3, -0.25) is 4.79 Å². The number of para-hydroxylation sites is 1. The fourth-order valence-electron chi connectivity index (χ4n) is 2.74. The Morgan fingerprint density at radius 1 is 1.03 bits per heavy atom. The number of carbonyl (C=O) groups is 1. The Kier molecular flexibility index (Phi) is 7.09. The van der Waals surface area contributed by atoms with Gasteiger partial charge in [0.2, 0.25) is 5.91 Å². The number of halogens is 1. The quantitative estimate of drug-likeness (QED) is 0.448. The van der Waals surface area contributed by atoms with E-state index in [1.807, 2.05) is 60.7 Å². The topological polar surface area (TPSA) is 47.6 Å². The lowest BCUT2D eigenvalue weighted by molar-refractivity contribution is -0.111. The van der Waals surface area contributed by atoms with E-state index in [1.54, 1.807) is 13.2 Å². The van der Waals surface area contributed by atoms with Crippen LogP contribution in [0.1, 0.15) is 16.7 Å². The first kappa shape index (κ1) is 20.7. The molecule has 1 N–H and O–H groups in total. The first-order valence-corrected chi connectivity index (χ1v) is 9.95. The Balaban J connectivity index is 1.66. The zero-order valence-electron chi connectivity index (χ0n) is 16.3. The number of carbonyl (C=O) groups excluding carboxylic acids is 1. The van der Waals surface area contributed by atoms with Gasteiger partial charge in [-0.25, -0.2) is 0 Å². The van der Waals surface area contributed by atoms with Crippen LogP contribution in [0.4, 0.5) is 5.69 Å². The highest BCUT2D eigenvalue weighted by atomic mass is 79.9. The maximum atomic E-state index is 12.2. The highest BCUT2D eigenvalue weighted by Crippen LogP contribution is 2.29. The van der Waals surface area contributed by atoms with Crippen molar-refractivity contribution in [3.05, 3.63) is 94.0 Å². The van der Waals surface area contributed by atoms with Crippen molar-refractivity contribution in [1.29, 1.82) is 0 Å². The van der Waals surface area contributed by atoms with Gasteiger partial charge in [-0.2, -0.15) is 0 Å². The molecule has 3 aromatic carbocycles. The van der Waals surface area contributed by atoms with Crippen LogP contribution in [0.3, 0.4) is 0 Å². The normalized spacial score (nSPS) is 10.7. The minimum atomic E-state index is -0.212. The number of aryl methyl sites for hydroxylation is 1. The lowest BCUT2D eigenvalue weighted by Crippen LogP contribution is -2.08. The second-order valence-electron chi connectivity index (χ2n) is 6.43. The first-order valence-electron chi connectivity index (χ1n) is 9.16. The summed E-state index contributed by atoms with van der Waals surface area (Å²) in [5.74, 6) is 1.06. The third-order valence-corrected chi connectivity index (χ3v) is 5.08. The number of nitrogens with one attached hydrogen (secondary N) is 1. The molecule has 0 aromatic heterocycles. The Morgan fingerprint density at radius 2 is 1.79 bits per heavy atom. The van der Waals surface area contributed by atoms with E-state index in [0.717, 1.165) is 21.3 Å². The fraction of sp³-hybridized carbons (Fsp3) is 0.125. The zero-order valence-corrected chi connectivity index (χ0v) is 17.9. The van der Waals surface area contributed by atoms with Gasteiger partial charge in [-0.05, 0) is 69.9 Å². The predicted octanol–water partition coefficient (Wildman–Crippen LogP) is 6.00. The van der Waals surface area contributed by atoms with Gasteiger partial charge in [-0.15, -0.1) is 0 Å². The van der Waals surface area contributed by atoms with Gasteiger partial charge < -0.3 is 14.8 Å². The van der Waals surface area contributed by atoms with E-state index in [-0.39, 0.29) is 5.91 Å². The molecule has 0 spiro atoms. The molecule has 1 amide bonds. The summed E-state index contributed by atoms with van der Waals surface area (Å²) in [6, 6.07) is 21.2. The maximum absolute atomic E-state index is 12.2. The van der Waals surface area contributed by atoms with Gasteiger partial charge in [0.15, 0.2) is 11.5 Å². The molecule has 0 bridgehead atoms. The Labute approximate surface area is 179 Å². The summed E-state index contributed by atoms with van der Waals surface area (Å²) in [4.78, 5) is 12.2. The van der Waals surface area contributed by atoms with Crippen molar-refractivity contribution in [2.75, 3.05) is 12.4 Å². The van der Waals surface area contributed by atoms with Crippen molar-refractivity contribution < 1.29 is 14.3 Å². The van der Waals surface area contributed by atoms with Gasteiger partial charge in [0.05, 0.1) is 12.8 Å². The molecule has 0 heterocycles. The number of rotatable bonds is 7. The van der Waals surface area contributed by atoms with Crippen LogP contribution in [0.2, 0.25) is 0 Å². The molecule has 3 rings (SSSR count). The van der Waals surface area contributed by atoms with E-state index in [4.69, 9.17) is 9.47 Å². The molecule has 0 aliphatic carbocycles. The smallest absolute Gasteiger partial charge is 0.248 e. The summed E-state index contributed by atoms with van der Waals surface area (Å²) in [6.07, 6.45) is 3.22. The predicted molar refractivity (Wildman–Crippen MR) is 120 cm³/mol. The molecule has 29 heavy (non-hydrogen) atoms. The highest BCUT2D eigenvalue weighted by molar-refractivity contribution is 9.10. The summed E-state index contributed by atoms with van der Waals surface area (Å²) >= 11 is 3.41. The summed E-state index contributed by atoms with van der Waals surface area (Å²) in [6.45, 7) is 2.52. The van der Waals surface area contributed by atoms with Gasteiger partial charge >= 0.3 is 0 Å². The van der Waals surface area contributed by atoms with E-state index < -0.39 is 0 Å². The minimum Gasteiger partial charge on any atom is -0.493 e. The average Bonchev–Trinajstić information content (AvgIpc) is 2.73. The molecule has 4 nitrogen and oxygen atoms in total. The minimum absolute atomic E-state index is 0.212. The molecule has 0 saturated carbocycles. The third kappa shape index (κ3) is 5.72. The van der Waals surface area contributed by atoms with E-state index in [2.05, 4.69) is 34.2 Å². The molecule has 0 radical (unpaired) electrons. The Bertz CT molecular complexity index is 1030. The Morgan fingerprint density at radius 3 is 2.55 bits per heavy atom. The summed E-state index contributed by atoms with van der Waals surface area (Å²) in [7, 11) is 1.60.